The second-order valence-electron chi connectivity index (χ2n) is 4.49. The van der Waals surface area contributed by atoms with Gasteiger partial charge in [0.05, 0.1) is 0 Å². The van der Waals surface area contributed by atoms with Crippen LogP contribution in [0.5, 0.6) is 0 Å². The molecule has 88 valence electrons. The molecular formula is C12H24N2O. The maximum Gasteiger partial charge on any atom is 0.223 e. The minimum Gasteiger partial charge on any atom is -0.342 e. The van der Waals surface area contributed by atoms with E-state index in [2.05, 4.69) is 17.1 Å². The summed E-state index contributed by atoms with van der Waals surface area (Å²) in [4.78, 5) is 13.8. The molecule has 0 spiro atoms. The minimum atomic E-state index is 0.324. The van der Waals surface area contributed by atoms with Gasteiger partial charge < -0.3 is 10.2 Å². The molecule has 1 unspecified atom stereocenters. The molecule has 1 heterocycles. The second kappa shape index (κ2) is 6.83. The first-order chi connectivity index (χ1) is 7.27. The van der Waals surface area contributed by atoms with Crippen molar-refractivity contribution >= 4 is 5.91 Å². The number of likely N-dealkylation sites (tertiary alicyclic amines) is 1. The summed E-state index contributed by atoms with van der Waals surface area (Å²) >= 11 is 0. The van der Waals surface area contributed by atoms with E-state index in [1.54, 1.807) is 0 Å². The number of hydrogen-bond donors (Lipinski definition) is 1. The van der Waals surface area contributed by atoms with Crippen LogP contribution >= 0.6 is 0 Å². The summed E-state index contributed by atoms with van der Waals surface area (Å²) in [5, 5.41) is 3.03. The fourth-order valence-electron chi connectivity index (χ4n) is 2.33. The highest BCUT2D eigenvalue weighted by Crippen LogP contribution is 2.21. The fraction of sp³-hybridized carbons (Fsp3) is 0.917. The van der Waals surface area contributed by atoms with Crippen LogP contribution in [0.3, 0.4) is 0 Å². The van der Waals surface area contributed by atoms with E-state index in [1.165, 1.54) is 25.7 Å². The highest BCUT2D eigenvalue weighted by atomic mass is 16.2. The van der Waals surface area contributed by atoms with Crippen LogP contribution in [0, 0.1) is 5.92 Å². The molecule has 1 amide bonds. The third-order valence-electron chi connectivity index (χ3n) is 3.16. The molecule has 1 atom stereocenters. The molecule has 3 heteroatoms. The van der Waals surface area contributed by atoms with Crippen molar-refractivity contribution in [1.82, 2.24) is 10.2 Å². The van der Waals surface area contributed by atoms with Crippen molar-refractivity contribution in [2.75, 3.05) is 26.7 Å². The van der Waals surface area contributed by atoms with E-state index < -0.39 is 0 Å². The van der Waals surface area contributed by atoms with Gasteiger partial charge in [0.15, 0.2) is 0 Å². The van der Waals surface area contributed by atoms with Gasteiger partial charge in [-0.05, 0) is 32.2 Å². The van der Waals surface area contributed by atoms with E-state index in [1.807, 2.05) is 7.05 Å². The Morgan fingerprint density at radius 3 is 3.00 bits per heavy atom. The van der Waals surface area contributed by atoms with Gasteiger partial charge in [-0.15, -0.1) is 0 Å². The summed E-state index contributed by atoms with van der Waals surface area (Å²) in [6.45, 7) is 4.99. The lowest BCUT2D eigenvalue weighted by molar-refractivity contribution is -0.132. The lowest BCUT2D eigenvalue weighted by atomic mass is 9.93. The number of rotatable bonds is 5. The molecule has 15 heavy (non-hydrogen) atoms. The molecule has 1 aliphatic heterocycles. The lowest BCUT2D eigenvalue weighted by Crippen LogP contribution is -2.40. The number of amides is 1. The van der Waals surface area contributed by atoms with Crippen molar-refractivity contribution in [2.45, 2.75) is 39.0 Å². The average Bonchev–Trinajstić information content (AvgIpc) is 2.27. The summed E-state index contributed by atoms with van der Waals surface area (Å²) in [5.74, 6) is 1.08. The van der Waals surface area contributed by atoms with Crippen LogP contribution in [0.15, 0.2) is 0 Å². The predicted molar refractivity (Wildman–Crippen MR) is 62.8 cm³/mol. The van der Waals surface area contributed by atoms with E-state index in [4.69, 9.17) is 0 Å². The van der Waals surface area contributed by atoms with Gasteiger partial charge in [0, 0.05) is 26.1 Å². The molecule has 0 aromatic carbocycles. The first-order valence-corrected chi connectivity index (χ1v) is 6.20. The number of piperidine rings is 1. The first kappa shape index (κ1) is 12.5. The molecular weight excluding hydrogens is 188 g/mol. The molecule has 1 rings (SSSR count). The van der Waals surface area contributed by atoms with Gasteiger partial charge in [-0.1, -0.05) is 13.3 Å². The highest BCUT2D eigenvalue weighted by molar-refractivity contribution is 5.76. The maximum atomic E-state index is 11.8. The number of nitrogens with one attached hydrogen (secondary N) is 1. The van der Waals surface area contributed by atoms with Crippen molar-refractivity contribution < 1.29 is 4.79 Å². The van der Waals surface area contributed by atoms with Crippen LogP contribution in [0.4, 0.5) is 0 Å². The summed E-state index contributed by atoms with van der Waals surface area (Å²) in [6, 6.07) is 0. The Kier molecular flexibility index (Phi) is 5.69. The van der Waals surface area contributed by atoms with Crippen molar-refractivity contribution in [3.8, 4) is 0 Å². The second-order valence-corrected chi connectivity index (χ2v) is 4.49. The Bertz CT molecular complexity index is 192. The topological polar surface area (TPSA) is 32.3 Å². The Labute approximate surface area is 93.2 Å². The fourth-order valence-corrected chi connectivity index (χ4v) is 2.33. The SMILES string of the molecule is CCCC1CCCN(C(=O)CCNC)C1. The highest BCUT2D eigenvalue weighted by Gasteiger charge is 2.22. The zero-order chi connectivity index (χ0) is 11.1. The molecule has 0 bridgehead atoms. The molecule has 3 nitrogen and oxygen atoms in total. The Morgan fingerprint density at radius 2 is 2.33 bits per heavy atom. The Morgan fingerprint density at radius 1 is 1.53 bits per heavy atom. The van der Waals surface area contributed by atoms with Crippen molar-refractivity contribution in [3.05, 3.63) is 0 Å². The van der Waals surface area contributed by atoms with Gasteiger partial charge in [-0.2, -0.15) is 0 Å². The molecule has 1 fully saturated rings. The molecule has 0 radical (unpaired) electrons. The molecule has 0 aromatic heterocycles. The number of carbonyl (C=O) groups excluding carboxylic acids is 1. The normalized spacial score (nSPS) is 21.7. The first-order valence-electron chi connectivity index (χ1n) is 6.20. The molecule has 1 aliphatic rings. The molecule has 0 aromatic rings. The zero-order valence-electron chi connectivity index (χ0n) is 10.1. The van der Waals surface area contributed by atoms with Crippen LogP contribution < -0.4 is 5.32 Å². The van der Waals surface area contributed by atoms with E-state index in [0.717, 1.165) is 25.6 Å². The molecule has 1 saturated heterocycles. The van der Waals surface area contributed by atoms with Gasteiger partial charge in [0.2, 0.25) is 5.91 Å². The van der Waals surface area contributed by atoms with Crippen molar-refractivity contribution in [1.29, 1.82) is 0 Å². The number of carbonyl (C=O) groups is 1. The summed E-state index contributed by atoms with van der Waals surface area (Å²) in [6.07, 6.45) is 5.66. The van der Waals surface area contributed by atoms with Crippen molar-refractivity contribution in [3.63, 3.8) is 0 Å². The monoisotopic (exact) mass is 212 g/mol. The summed E-state index contributed by atoms with van der Waals surface area (Å²) in [7, 11) is 1.89. The van der Waals surface area contributed by atoms with E-state index in [-0.39, 0.29) is 0 Å². The maximum absolute atomic E-state index is 11.8. The van der Waals surface area contributed by atoms with E-state index in [9.17, 15) is 4.79 Å². The minimum absolute atomic E-state index is 0.324. The van der Waals surface area contributed by atoms with Crippen LogP contribution in [0.2, 0.25) is 0 Å². The van der Waals surface area contributed by atoms with E-state index in [0.29, 0.717) is 12.3 Å². The van der Waals surface area contributed by atoms with Crippen LogP contribution in [0.1, 0.15) is 39.0 Å². The van der Waals surface area contributed by atoms with Gasteiger partial charge >= 0.3 is 0 Å². The average molecular weight is 212 g/mol. The largest absolute Gasteiger partial charge is 0.342 e. The standard InChI is InChI=1S/C12H24N2O/c1-3-5-11-6-4-9-14(10-11)12(15)7-8-13-2/h11,13H,3-10H2,1-2H3. The molecule has 1 N–H and O–H groups in total. The number of nitrogens with zero attached hydrogens (tertiary/aromatic N) is 1. The zero-order valence-corrected chi connectivity index (χ0v) is 10.1. The van der Waals surface area contributed by atoms with Gasteiger partial charge in [0.25, 0.3) is 0 Å². The summed E-state index contributed by atoms with van der Waals surface area (Å²) < 4.78 is 0. The van der Waals surface area contributed by atoms with Gasteiger partial charge in [-0.3, -0.25) is 4.79 Å². The van der Waals surface area contributed by atoms with E-state index >= 15 is 0 Å². The van der Waals surface area contributed by atoms with Crippen LogP contribution in [0.25, 0.3) is 0 Å². The summed E-state index contributed by atoms with van der Waals surface area (Å²) in [5.41, 5.74) is 0. The smallest absolute Gasteiger partial charge is 0.223 e. The predicted octanol–water partition coefficient (Wildman–Crippen LogP) is 1.63. The third kappa shape index (κ3) is 4.20. The number of hydrogen-bond acceptors (Lipinski definition) is 2. The lowest BCUT2D eigenvalue weighted by Gasteiger charge is -2.32. The third-order valence-corrected chi connectivity index (χ3v) is 3.16. The Balaban J connectivity index is 2.31. The quantitative estimate of drug-likeness (QED) is 0.751. The molecule has 0 aliphatic carbocycles. The Hall–Kier alpha value is -0.570. The van der Waals surface area contributed by atoms with Crippen molar-refractivity contribution in [2.24, 2.45) is 5.92 Å². The van der Waals surface area contributed by atoms with Gasteiger partial charge in [0.1, 0.15) is 0 Å². The molecule has 0 saturated carbocycles. The van der Waals surface area contributed by atoms with Crippen LogP contribution in [-0.4, -0.2) is 37.5 Å². The van der Waals surface area contributed by atoms with Crippen LogP contribution in [-0.2, 0) is 4.79 Å². The van der Waals surface area contributed by atoms with Gasteiger partial charge in [-0.25, -0.2) is 0 Å².